The first-order chi connectivity index (χ1) is 7.24. The maximum absolute atomic E-state index is 5.97. The van der Waals surface area contributed by atoms with Gasteiger partial charge in [0.05, 0.1) is 0 Å². The van der Waals surface area contributed by atoms with Gasteiger partial charge in [0.25, 0.3) is 0 Å². The quantitative estimate of drug-likeness (QED) is 0.599. The van der Waals surface area contributed by atoms with Crippen LogP contribution in [0.15, 0.2) is 18.2 Å². The topological polar surface area (TPSA) is 44.5 Å². The molecule has 1 aromatic carbocycles. The molecule has 0 unspecified atom stereocenters. The molecule has 0 bridgehead atoms. The molecule has 0 aliphatic rings. The third kappa shape index (κ3) is 2.81. The lowest BCUT2D eigenvalue weighted by atomic mass is 10.1. The minimum absolute atomic E-state index is 0.848. The molecule has 0 aliphatic carbocycles. The van der Waals surface area contributed by atoms with Crippen molar-refractivity contribution in [1.82, 2.24) is 0 Å². The molecular weight excluding hydrogens is 206 g/mol. The van der Waals surface area contributed by atoms with Gasteiger partial charge in [0, 0.05) is 19.9 Å². The molecule has 0 aliphatic heterocycles. The van der Waals surface area contributed by atoms with Crippen molar-refractivity contribution in [2.75, 3.05) is 20.0 Å². The van der Waals surface area contributed by atoms with E-state index in [0.717, 1.165) is 18.5 Å². The second-order valence-corrected chi connectivity index (χ2v) is 5.70. The number of nitrogens with two attached hydrogens (primary N) is 1. The summed E-state index contributed by atoms with van der Waals surface area (Å²) < 4.78 is 10.8. The molecule has 4 heteroatoms. The zero-order chi connectivity index (χ0) is 11.3. The average molecular weight is 225 g/mol. The molecule has 2 N–H and O–H groups in total. The maximum Gasteiger partial charge on any atom is 0.355 e. The molecule has 1 aromatic rings. The summed E-state index contributed by atoms with van der Waals surface area (Å²) in [7, 11) is 1.66. The molecule has 0 saturated carbocycles. The van der Waals surface area contributed by atoms with E-state index in [9.17, 15) is 0 Å². The molecule has 0 heterocycles. The number of hydrogen-bond donors (Lipinski definition) is 1. The van der Waals surface area contributed by atoms with Crippen LogP contribution >= 0.6 is 0 Å². The van der Waals surface area contributed by atoms with Crippen LogP contribution in [0.2, 0.25) is 0 Å². The van der Waals surface area contributed by atoms with Gasteiger partial charge in [0.1, 0.15) is 0 Å². The highest BCUT2D eigenvalue weighted by Crippen LogP contribution is 2.12. The van der Waals surface area contributed by atoms with E-state index in [2.05, 4.69) is 13.0 Å². The standard InChI is InChI=1S/C11H19NO2Si/c1-4-6-9-10(12)7-5-8-11(9)15(13-2)14-3/h5,7-8,15H,4,6,12H2,1-3H3. The van der Waals surface area contributed by atoms with Gasteiger partial charge in [0.2, 0.25) is 0 Å². The lowest BCUT2D eigenvalue weighted by molar-refractivity contribution is 0.291. The third-order valence-electron chi connectivity index (χ3n) is 2.43. The number of hydrogen-bond acceptors (Lipinski definition) is 3. The minimum Gasteiger partial charge on any atom is -0.399 e. The van der Waals surface area contributed by atoms with Crippen LogP contribution in [0.1, 0.15) is 18.9 Å². The summed E-state index contributed by atoms with van der Waals surface area (Å²) in [5, 5.41) is 1.17. The summed E-state index contributed by atoms with van der Waals surface area (Å²) in [4.78, 5) is 0. The summed E-state index contributed by atoms with van der Waals surface area (Å²) in [5.41, 5.74) is 8.01. The Hall–Kier alpha value is -0.843. The first-order valence-electron chi connectivity index (χ1n) is 5.17. The Labute approximate surface area is 93.0 Å². The van der Waals surface area contributed by atoms with Crippen LogP contribution in [0.4, 0.5) is 5.69 Å². The fourth-order valence-corrected chi connectivity index (χ4v) is 3.30. The summed E-state index contributed by atoms with van der Waals surface area (Å²) in [6.45, 7) is 2.15. The van der Waals surface area contributed by atoms with Crippen molar-refractivity contribution >= 4 is 20.2 Å². The first kappa shape index (κ1) is 12.2. The van der Waals surface area contributed by atoms with Gasteiger partial charge in [0.15, 0.2) is 0 Å². The van der Waals surface area contributed by atoms with Crippen molar-refractivity contribution < 1.29 is 8.85 Å². The molecule has 0 fully saturated rings. The van der Waals surface area contributed by atoms with Crippen molar-refractivity contribution in [1.29, 1.82) is 0 Å². The fraction of sp³-hybridized carbons (Fsp3) is 0.455. The van der Waals surface area contributed by atoms with E-state index in [0.29, 0.717) is 0 Å². The minimum atomic E-state index is -1.73. The highest BCUT2D eigenvalue weighted by atomic mass is 28.3. The Bertz CT molecular complexity index is 313. The summed E-state index contributed by atoms with van der Waals surface area (Å²) >= 11 is 0. The van der Waals surface area contributed by atoms with Crippen molar-refractivity contribution in [3.8, 4) is 0 Å². The van der Waals surface area contributed by atoms with Crippen molar-refractivity contribution in [2.45, 2.75) is 19.8 Å². The van der Waals surface area contributed by atoms with E-state index in [4.69, 9.17) is 14.6 Å². The van der Waals surface area contributed by atoms with E-state index < -0.39 is 9.28 Å². The SMILES string of the molecule is CCCc1c(N)cccc1[SiH](OC)OC. The van der Waals surface area contributed by atoms with Crippen LogP contribution in [-0.4, -0.2) is 23.5 Å². The van der Waals surface area contributed by atoms with Gasteiger partial charge in [-0.2, -0.15) is 0 Å². The Morgan fingerprint density at radius 1 is 1.27 bits per heavy atom. The van der Waals surface area contributed by atoms with Crippen LogP contribution in [0, 0.1) is 0 Å². The summed E-state index contributed by atoms with van der Waals surface area (Å²) in [6, 6.07) is 5.96. The molecule has 3 nitrogen and oxygen atoms in total. The van der Waals surface area contributed by atoms with Gasteiger partial charge in [-0.1, -0.05) is 25.5 Å². The molecule has 0 spiro atoms. The van der Waals surface area contributed by atoms with Gasteiger partial charge in [-0.3, -0.25) is 0 Å². The van der Waals surface area contributed by atoms with E-state index in [1.807, 2.05) is 12.1 Å². The average Bonchev–Trinajstić information content (AvgIpc) is 2.24. The van der Waals surface area contributed by atoms with E-state index in [1.54, 1.807) is 14.2 Å². The van der Waals surface area contributed by atoms with Gasteiger partial charge >= 0.3 is 9.28 Å². The first-order valence-corrected chi connectivity index (χ1v) is 6.69. The molecule has 0 aromatic heterocycles. The largest absolute Gasteiger partial charge is 0.399 e. The molecule has 0 amide bonds. The Morgan fingerprint density at radius 3 is 2.47 bits per heavy atom. The summed E-state index contributed by atoms with van der Waals surface area (Å²) in [6.07, 6.45) is 2.06. The van der Waals surface area contributed by atoms with Crippen LogP contribution in [-0.2, 0) is 15.3 Å². The van der Waals surface area contributed by atoms with Crippen molar-refractivity contribution in [3.63, 3.8) is 0 Å². The number of benzene rings is 1. The van der Waals surface area contributed by atoms with E-state index in [1.165, 1.54) is 10.8 Å². The Morgan fingerprint density at radius 2 is 1.93 bits per heavy atom. The molecular formula is C11H19NO2Si. The predicted molar refractivity (Wildman–Crippen MR) is 65.7 cm³/mol. The zero-order valence-corrected chi connectivity index (χ0v) is 10.8. The lowest BCUT2D eigenvalue weighted by Crippen LogP contribution is -2.37. The second kappa shape index (κ2) is 5.90. The van der Waals surface area contributed by atoms with Crippen LogP contribution in [0.3, 0.4) is 0 Å². The molecule has 0 saturated heterocycles. The van der Waals surface area contributed by atoms with Gasteiger partial charge in [-0.05, 0) is 23.2 Å². The fourth-order valence-electron chi connectivity index (χ4n) is 1.73. The molecule has 0 radical (unpaired) electrons. The predicted octanol–water partition coefficient (Wildman–Crippen LogP) is 0.942. The third-order valence-corrected chi connectivity index (χ3v) is 4.34. The molecule has 15 heavy (non-hydrogen) atoms. The van der Waals surface area contributed by atoms with Gasteiger partial charge < -0.3 is 14.6 Å². The normalized spacial score (nSPS) is 10.9. The lowest BCUT2D eigenvalue weighted by Gasteiger charge is -2.16. The molecule has 0 atom stereocenters. The number of rotatable bonds is 5. The Kier molecular flexibility index (Phi) is 4.81. The van der Waals surface area contributed by atoms with Gasteiger partial charge in [-0.15, -0.1) is 0 Å². The summed E-state index contributed by atoms with van der Waals surface area (Å²) in [5.74, 6) is 0. The number of anilines is 1. The maximum atomic E-state index is 5.97. The van der Waals surface area contributed by atoms with Crippen molar-refractivity contribution in [2.24, 2.45) is 0 Å². The van der Waals surface area contributed by atoms with E-state index >= 15 is 0 Å². The van der Waals surface area contributed by atoms with Crippen molar-refractivity contribution in [3.05, 3.63) is 23.8 Å². The highest BCUT2D eigenvalue weighted by Gasteiger charge is 2.18. The van der Waals surface area contributed by atoms with Gasteiger partial charge in [-0.25, -0.2) is 0 Å². The van der Waals surface area contributed by atoms with Crippen LogP contribution in [0.25, 0.3) is 0 Å². The second-order valence-electron chi connectivity index (χ2n) is 3.47. The smallest absolute Gasteiger partial charge is 0.355 e. The molecule has 1 rings (SSSR count). The van der Waals surface area contributed by atoms with Crippen LogP contribution < -0.4 is 10.9 Å². The Balaban J connectivity index is 3.09. The zero-order valence-electron chi connectivity index (χ0n) is 9.62. The highest BCUT2D eigenvalue weighted by molar-refractivity contribution is 6.62. The van der Waals surface area contributed by atoms with E-state index in [-0.39, 0.29) is 0 Å². The monoisotopic (exact) mass is 225 g/mol. The number of nitrogen functional groups attached to an aromatic ring is 1. The van der Waals surface area contributed by atoms with Crippen LogP contribution in [0.5, 0.6) is 0 Å². The molecule has 84 valence electrons.